The van der Waals surface area contributed by atoms with Crippen molar-refractivity contribution in [3.05, 3.63) is 11.9 Å². The monoisotopic (exact) mass is 497 g/mol. The predicted molar refractivity (Wildman–Crippen MR) is 120 cm³/mol. The average Bonchev–Trinajstić information content (AvgIpc) is 3.10. The van der Waals surface area contributed by atoms with Crippen molar-refractivity contribution in [3.8, 4) is 0 Å². The van der Waals surface area contributed by atoms with Crippen LogP contribution < -0.4 is 5.32 Å². The van der Waals surface area contributed by atoms with Crippen molar-refractivity contribution < 1.29 is 23.1 Å². The summed E-state index contributed by atoms with van der Waals surface area (Å²) in [6, 6.07) is -0.0893. The topological polar surface area (TPSA) is 134 Å². The zero-order valence-corrected chi connectivity index (χ0v) is 19.7. The number of isocyanates is 1. The van der Waals surface area contributed by atoms with Crippen molar-refractivity contribution in [2.45, 2.75) is 56.5 Å². The summed E-state index contributed by atoms with van der Waals surface area (Å²) in [5.74, 6) is -0.664. The maximum atomic E-state index is 12.0. The zero-order chi connectivity index (χ0) is 21.0. The largest absolute Gasteiger partial charge is 0.480 e. The summed E-state index contributed by atoms with van der Waals surface area (Å²) < 4.78 is 27.1. The maximum absolute atomic E-state index is 12.0. The van der Waals surface area contributed by atoms with E-state index < -0.39 is 22.5 Å². The Bertz CT molecular complexity index is 889. The molecule has 31 heavy (non-hydrogen) atoms. The van der Waals surface area contributed by atoms with E-state index in [-0.39, 0.29) is 42.8 Å². The number of hydrogen-bond acceptors (Lipinski definition) is 7. The van der Waals surface area contributed by atoms with Crippen molar-refractivity contribution in [1.82, 2.24) is 19.2 Å². The molecular weight excluding hydrogens is 469 g/mol. The zero-order valence-electron chi connectivity index (χ0n) is 17.3. The number of nitrogens with one attached hydrogen (secondary N) is 1. The van der Waals surface area contributed by atoms with E-state index in [1.807, 2.05) is 10.8 Å². The van der Waals surface area contributed by atoms with Crippen molar-refractivity contribution in [2.75, 3.05) is 25.9 Å². The highest BCUT2D eigenvalue weighted by Gasteiger charge is 2.34. The molecular formula is C18H29Cl2N5O5S. The first kappa shape index (κ1) is 27.5. The number of aromatic nitrogens is 2. The van der Waals surface area contributed by atoms with E-state index >= 15 is 0 Å². The van der Waals surface area contributed by atoms with Crippen LogP contribution in [0.2, 0.25) is 0 Å². The molecule has 176 valence electrons. The lowest BCUT2D eigenvalue weighted by molar-refractivity contribution is -0.137. The maximum Gasteiger partial charge on any atom is 0.318 e. The van der Waals surface area contributed by atoms with Gasteiger partial charge in [0.15, 0.2) is 0 Å². The number of aliphatic imine (C=N–C) groups is 1. The number of sulfonamides is 1. The second kappa shape index (κ2) is 11.9. The second-order valence-corrected chi connectivity index (χ2v) is 9.70. The lowest BCUT2D eigenvalue weighted by Crippen LogP contribution is -2.44. The Kier molecular flexibility index (Phi) is 10.6. The Morgan fingerprint density at radius 1 is 1.26 bits per heavy atom. The van der Waals surface area contributed by atoms with Crippen LogP contribution in [0.5, 0.6) is 0 Å². The number of carboxylic acid groups (broad SMARTS) is 1. The molecule has 2 heterocycles. The van der Waals surface area contributed by atoms with E-state index in [1.54, 1.807) is 6.08 Å². The number of carbonyl (C=O) groups is 1. The molecule has 0 amide bonds. The van der Waals surface area contributed by atoms with E-state index in [2.05, 4.69) is 15.3 Å². The van der Waals surface area contributed by atoms with Crippen molar-refractivity contribution in [2.24, 2.45) is 4.99 Å². The molecule has 2 aliphatic rings. The van der Waals surface area contributed by atoms with Gasteiger partial charge in [-0.25, -0.2) is 18.2 Å². The van der Waals surface area contributed by atoms with E-state index in [0.717, 1.165) is 42.2 Å². The molecule has 2 N–H and O–H groups in total. The van der Waals surface area contributed by atoms with Gasteiger partial charge < -0.3 is 15.0 Å². The van der Waals surface area contributed by atoms with Crippen LogP contribution in [0.3, 0.4) is 0 Å². The highest BCUT2D eigenvalue weighted by molar-refractivity contribution is 7.88. The summed E-state index contributed by atoms with van der Waals surface area (Å²) in [6.45, 7) is 1.29. The Morgan fingerprint density at radius 2 is 1.87 bits per heavy atom. The van der Waals surface area contributed by atoms with Gasteiger partial charge in [0, 0.05) is 24.2 Å². The smallest absolute Gasteiger partial charge is 0.318 e. The summed E-state index contributed by atoms with van der Waals surface area (Å²) in [4.78, 5) is 30.2. The molecule has 0 unspecified atom stereocenters. The van der Waals surface area contributed by atoms with E-state index in [1.165, 1.54) is 0 Å². The minimum absolute atomic E-state index is 0. The first-order valence-corrected chi connectivity index (χ1v) is 11.7. The van der Waals surface area contributed by atoms with Crippen LogP contribution >= 0.6 is 24.8 Å². The third-order valence-corrected chi connectivity index (χ3v) is 7.10. The van der Waals surface area contributed by atoms with Crippen molar-refractivity contribution in [3.63, 3.8) is 0 Å². The lowest BCUT2D eigenvalue weighted by Gasteiger charge is -2.34. The van der Waals surface area contributed by atoms with Gasteiger partial charge in [-0.2, -0.15) is 4.31 Å². The first-order chi connectivity index (χ1) is 13.8. The number of aliphatic carboxylic acids is 1. The van der Waals surface area contributed by atoms with Gasteiger partial charge in [0.2, 0.25) is 22.1 Å². The van der Waals surface area contributed by atoms with Crippen LogP contribution in [0.15, 0.2) is 11.2 Å². The SMILES string of the molecule is CS(=O)(=O)N(CC(=O)O)C1CCC(c2cn(C3CCNCC3)c(N=C=O)n2)CC1.Cl.Cl. The number of halogens is 2. The third kappa shape index (κ3) is 7.00. The van der Waals surface area contributed by atoms with Crippen LogP contribution in [0.4, 0.5) is 5.95 Å². The molecule has 0 bridgehead atoms. The van der Waals surface area contributed by atoms with Gasteiger partial charge in [-0.3, -0.25) is 4.79 Å². The average molecular weight is 498 g/mol. The summed E-state index contributed by atoms with van der Waals surface area (Å²) in [5, 5.41) is 12.4. The molecule has 1 aliphatic heterocycles. The molecule has 3 rings (SSSR count). The molecule has 13 heteroatoms. The number of rotatable bonds is 7. The molecule has 1 saturated heterocycles. The highest BCUT2D eigenvalue weighted by Crippen LogP contribution is 2.37. The van der Waals surface area contributed by atoms with Gasteiger partial charge in [0.25, 0.3) is 0 Å². The standard InChI is InChI=1S/C18H27N5O5S.2ClH/c1-29(27,28)23(11-17(25)26)15-4-2-13(3-5-15)16-10-22(18(21-16)20-12-24)14-6-8-19-9-7-14;;/h10,13-15,19H,2-9,11H2,1H3,(H,25,26);2*1H. The number of piperidine rings is 1. The van der Waals surface area contributed by atoms with E-state index in [9.17, 15) is 18.0 Å². The van der Waals surface area contributed by atoms with Gasteiger partial charge >= 0.3 is 5.97 Å². The fourth-order valence-corrected chi connectivity index (χ4v) is 5.48. The fourth-order valence-electron chi connectivity index (χ4n) is 4.39. The minimum atomic E-state index is -3.60. The number of hydrogen-bond donors (Lipinski definition) is 2. The van der Waals surface area contributed by atoms with Gasteiger partial charge in [0.1, 0.15) is 6.54 Å². The molecule has 0 spiro atoms. The molecule has 0 radical (unpaired) electrons. The number of carbonyl (C=O) groups excluding carboxylic acids is 1. The van der Waals surface area contributed by atoms with Crippen molar-refractivity contribution >= 4 is 52.8 Å². The Hall–Kier alpha value is -1.49. The van der Waals surface area contributed by atoms with Gasteiger partial charge in [-0.15, -0.1) is 29.8 Å². The summed E-state index contributed by atoms with van der Waals surface area (Å²) in [7, 11) is -3.60. The van der Waals surface area contributed by atoms with Crippen LogP contribution in [0.25, 0.3) is 0 Å². The molecule has 0 aromatic carbocycles. The summed E-state index contributed by atoms with van der Waals surface area (Å²) in [6.07, 6.45) is 8.99. The molecule has 1 aromatic rings. The summed E-state index contributed by atoms with van der Waals surface area (Å²) >= 11 is 0. The van der Waals surface area contributed by atoms with Gasteiger partial charge in [-0.1, -0.05) is 0 Å². The van der Waals surface area contributed by atoms with E-state index in [4.69, 9.17) is 5.11 Å². The van der Waals surface area contributed by atoms with Crippen LogP contribution in [0.1, 0.15) is 56.2 Å². The Balaban J connectivity index is 0.00000240. The number of carboxylic acids is 1. The van der Waals surface area contributed by atoms with Gasteiger partial charge in [-0.05, 0) is 51.6 Å². The second-order valence-electron chi connectivity index (χ2n) is 7.76. The van der Waals surface area contributed by atoms with E-state index in [0.29, 0.717) is 31.6 Å². The molecule has 1 saturated carbocycles. The number of imidazole rings is 1. The van der Waals surface area contributed by atoms with Crippen LogP contribution in [-0.2, 0) is 19.6 Å². The van der Waals surface area contributed by atoms with Crippen LogP contribution in [0, 0.1) is 0 Å². The summed E-state index contributed by atoms with van der Waals surface area (Å²) in [5.41, 5.74) is 0.847. The third-order valence-electron chi connectivity index (χ3n) is 5.82. The molecule has 0 atom stereocenters. The molecule has 10 nitrogen and oxygen atoms in total. The van der Waals surface area contributed by atoms with Crippen molar-refractivity contribution in [1.29, 1.82) is 0 Å². The normalized spacial score (nSPS) is 22.1. The van der Waals surface area contributed by atoms with Crippen LogP contribution in [-0.4, -0.2) is 71.4 Å². The quantitative estimate of drug-likeness (QED) is 0.434. The molecule has 1 aliphatic carbocycles. The highest BCUT2D eigenvalue weighted by atomic mass is 35.5. The number of nitrogens with zero attached hydrogens (tertiary/aromatic N) is 4. The van der Waals surface area contributed by atoms with Gasteiger partial charge in [0.05, 0.1) is 11.9 Å². The first-order valence-electron chi connectivity index (χ1n) is 9.85. The lowest BCUT2D eigenvalue weighted by atomic mass is 9.84. The Morgan fingerprint density at radius 3 is 2.39 bits per heavy atom. The minimum Gasteiger partial charge on any atom is -0.480 e. The molecule has 2 fully saturated rings. The molecule has 1 aromatic heterocycles. The Labute approximate surface area is 194 Å². The fraction of sp³-hybridized carbons (Fsp3) is 0.722. The predicted octanol–water partition coefficient (Wildman–Crippen LogP) is 1.99.